The van der Waals surface area contributed by atoms with Crippen LogP contribution in [0.1, 0.15) is 46.4 Å². The van der Waals surface area contributed by atoms with E-state index < -0.39 is 5.91 Å². The van der Waals surface area contributed by atoms with Crippen molar-refractivity contribution >= 4 is 46.0 Å². The number of nitrogens with two attached hydrogens (primary N) is 1. The summed E-state index contributed by atoms with van der Waals surface area (Å²) >= 11 is 1.21. The Morgan fingerprint density at radius 1 is 0.950 bits per heavy atom. The van der Waals surface area contributed by atoms with Crippen molar-refractivity contribution in [1.29, 1.82) is 0 Å². The molecule has 5 rings (SSSR count). The molecule has 206 valence electrons. The molecule has 9 heteroatoms. The Kier molecular flexibility index (Phi) is 7.86. The van der Waals surface area contributed by atoms with E-state index in [1.165, 1.54) is 11.3 Å². The van der Waals surface area contributed by atoms with Gasteiger partial charge in [-0.3, -0.25) is 9.59 Å². The molecule has 0 atom stereocenters. The van der Waals surface area contributed by atoms with Gasteiger partial charge in [0.15, 0.2) is 5.82 Å². The highest BCUT2D eigenvalue weighted by molar-refractivity contribution is 7.17. The molecule has 0 unspecified atom stereocenters. The molecule has 2 heterocycles. The smallest absolute Gasteiger partial charge is 0.262 e. The average molecular weight is 556 g/mol. The normalized spacial score (nSPS) is 13.6. The molecular formula is C31H33N5O3S. The lowest BCUT2D eigenvalue weighted by molar-refractivity contribution is 0.100. The van der Waals surface area contributed by atoms with Crippen LogP contribution in [0.15, 0.2) is 72.8 Å². The third kappa shape index (κ3) is 6.32. The number of carbonyl (C=O) groups is 2. The fourth-order valence-corrected chi connectivity index (χ4v) is 5.33. The number of hydrogen-bond acceptors (Lipinski definition) is 7. The van der Waals surface area contributed by atoms with Gasteiger partial charge in [-0.15, -0.1) is 11.3 Å². The van der Waals surface area contributed by atoms with Crippen LogP contribution in [0.3, 0.4) is 0 Å². The first-order valence-corrected chi connectivity index (χ1v) is 14.0. The van der Waals surface area contributed by atoms with Crippen LogP contribution in [-0.4, -0.2) is 43.1 Å². The fraction of sp³-hybridized carbons (Fsp3) is 0.258. The summed E-state index contributed by atoms with van der Waals surface area (Å²) in [6.45, 7) is 9.57. The quantitative estimate of drug-likeness (QED) is 0.257. The molecule has 4 aromatic rings. The lowest BCUT2D eigenvalue weighted by Crippen LogP contribution is -2.36. The zero-order chi connectivity index (χ0) is 28.3. The summed E-state index contributed by atoms with van der Waals surface area (Å²) in [5.74, 6) is -0.350. The van der Waals surface area contributed by atoms with Crippen molar-refractivity contribution in [2.24, 2.45) is 5.73 Å². The van der Waals surface area contributed by atoms with Crippen LogP contribution in [0.4, 0.5) is 22.9 Å². The number of primary amides is 1. The van der Waals surface area contributed by atoms with Crippen LogP contribution >= 0.6 is 11.3 Å². The summed E-state index contributed by atoms with van der Waals surface area (Å²) < 4.78 is 5.43. The Balaban J connectivity index is 1.32. The highest BCUT2D eigenvalue weighted by Gasteiger charge is 2.19. The van der Waals surface area contributed by atoms with E-state index in [-0.39, 0.29) is 11.3 Å². The Labute approximate surface area is 238 Å². The van der Waals surface area contributed by atoms with Gasteiger partial charge in [-0.05, 0) is 59.5 Å². The van der Waals surface area contributed by atoms with E-state index in [0.29, 0.717) is 27.0 Å². The molecule has 0 radical (unpaired) electrons. The molecule has 1 saturated heterocycles. The number of benzene rings is 3. The van der Waals surface area contributed by atoms with Gasteiger partial charge in [-0.1, -0.05) is 45.0 Å². The van der Waals surface area contributed by atoms with E-state index >= 15 is 0 Å². The number of hydrogen-bond donors (Lipinski definition) is 3. The number of anilines is 4. The molecule has 1 fully saturated rings. The third-order valence-corrected chi connectivity index (χ3v) is 7.86. The minimum Gasteiger partial charge on any atom is -0.378 e. The van der Waals surface area contributed by atoms with Crippen molar-refractivity contribution < 1.29 is 14.3 Å². The lowest BCUT2D eigenvalue weighted by Gasteiger charge is -2.28. The Morgan fingerprint density at radius 3 is 2.30 bits per heavy atom. The van der Waals surface area contributed by atoms with E-state index in [9.17, 15) is 9.59 Å². The van der Waals surface area contributed by atoms with Crippen LogP contribution in [0.25, 0.3) is 10.6 Å². The highest BCUT2D eigenvalue weighted by Crippen LogP contribution is 2.34. The zero-order valence-corrected chi connectivity index (χ0v) is 23.7. The highest BCUT2D eigenvalue weighted by atomic mass is 32.1. The van der Waals surface area contributed by atoms with Crippen molar-refractivity contribution in [3.8, 4) is 10.6 Å². The van der Waals surface area contributed by atoms with Crippen molar-refractivity contribution in [2.75, 3.05) is 41.8 Å². The van der Waals surface area contributed by atoms with E-state index in [1.807, 2.05) is 72.8 Å². The number of carbonyl (C=O) groups excluding carboxylic acids is 2. The van der Waals surface area contributed by atoms with Gasteiger partial charge in [-0.25, -0.2) is 4.98 Å². The number of nitrogens with one attached hydrogen (secondary N) is 2. The summed E-state index contributed by atoms with van der Waals surface area (Å²) in [6, 6.07) is 23.0. The molecule has 4 N–H and O–H groups in total. The van der Waals surface area contributed by atoms with Gasteiger partial charge in [0.2, 0.25) is 0 Å². The first kappa shape index (κ1) is 27.4. The molecule has 2 amide bonds. The molecular weight excluding hydrogens is 522 g/mol. The maximum absolute atomic E-state index is 12.9. The first-order chi connectivity index (χ1) is 19.2. The molecule has 0 bridgehead atoms. The molecule has 3 aromatic carbocycles. The summed E-state index contributed by atoms with van der Waals surface area (Å²) in [5.41, 5.74) is 10.8. The van der Waals surface area contributed by atoms with Gasteiger partial charge in [0.25, 0.3) is 11.8 Å². The minimum absolute atomic E-state index is 0.0148. The molecule has 0 saturated carbocycles. The summed E-state index contributed by atoms with van der Waals surface area (Å²) in [4.78, 5) is 32.4. The summed E-state index contributed by atoms with van der Waals surface area (Å²) in [6.07, 6.45) is 0. The number of nitrogens with zero attached hydrogens (tertiary/aromatic N) is 2. The van der Waals surface area contributed by atoms with Crippen molar-refractivity contribution in [3.63, 3.8) is 0 Å². The number of rotatable bonds is 7. The maximum atomic E-state index is 12.9. The number of aromatic nitrogens is 1. The molecule has 1 aromatic heterocycles. The van der Waals surface area contributed by atoms with Crippen molar-refractivity contribution in [1.82, 2.24) is 4.98 Å². The molecule has 0 spiro atoms. The van der Waals surface area contributed by atoms with E-state index in [0.717, 1.165) is 48.8 Å². The maximum Gasteiger partial charge on any atom is 0.262 e. The fourth-order valence-electron chi connectivity index (χ4n) is 4.46. The largest absolute Gasteiger partial charge is 0.378 e. The number of ether oxygens (including phenoxy) is 1. The van der Waals surface area contributed by atoms with Gasteiger partial charge in [0, 0.05) is 41.3 Å². The van der Waals surface area contributed by atoms with Crippen molar-refractivity contribution in [2.45, 2.75) is 26.2 Å². The molecule has 8 nitrogen and oxygen atoms in total. The second-order valence-corrected chi connectivity index (χ2v) is 11.7. The van der Waals surface area contributed by atoms with Crippen LogP contribution in [-0.2, 0) is 10.2 Å². The predicted octanol–water partition coefficient (Wildman–Crippen LogP) is 6.04. The molecule has 0 aliphatic carbocycles. The second kappa shape index (κ2) is 11.5. The molecule has 1 aliphatic rings. The van der Waals surface area contributed by atoms with Gasteiger partial charge in [-0.2, -0.15) is 0 Å². The van der Waals surface area contributed by atoms with Gasteiger partial charge in [0.1, 0.15) is 9.88 Å². The van der Waals surface area contributed by atoms with Crippen LogP contribution in [0.5, 0.6) is 0 Å². The minimum atomic E-state index is -0.556. The van der Waals surface area contributed by atoms with Crippen LogP contribution in [0.2, 0.25) is 0 Å². The number of thiazole rings is 1. The number of amides is 2. The van der Waals surface area contributed by atoms with E-state index in [4.69, 9.17) is 10.5 Å². The zero-order valence-electron chi connectivity index (χ0n) is 22.9. The molecule has 40 heavy (non-hydrogen) atoms. The Morgan fingerprint density at radius 2 is 1.65 bits per heavy atom. The predicted molar refractivity (Wildman–Crippen MR) is 162 cm³/mol. The van der Waals surface area contributed by atoms with Crippen LogP contribution in [0, 0.1) is 0 Å². The van der Waals surface area contributed by atoms with Crippen molar-refractivity contribution in [3.05, 3.63) is 88.8 Å². The monoisotopic (exact) mass is 555 g/mol. The summed E-state index contributed by atoms with van der Waals surface area (Å²) in [5, 5.41) is 6.82. The van der Waals surface area contributed by atoms with Gasteiger partial charge >= 0.3 is 0 Å². The second-order valence-electron chi connectivity index (χ2n) is 10.7. The number of morpholine rings is 1. The third-order valence-electron chi connectivity index (χ3n) is 6.74. The Hall–Kier alpha value is -4.21. The summed E-state index contributed by atoms with van der Waals surface area (Å²) in [7, 11) is 0. The van der Waals surface area contributed by atoms with Crippen LogP contribution < -0.4 is 21.3 Å². The lowest BCUT2D eigenvalue weighted by atomic mass is 9.87. The standard InChI is InChI=1S/C31H33N5O3S/c1-31(2,3)22-9-7-20(8-10-22)29(38)34-24-6-4-5-21(19-24)30-35-28(26(40-30)27(32)37)33-23-11-13-25(14-12-23)36-15-17-39-18-16-36/h4-14,19,33H,15-18H2,1-3H3,(H2,32,37)(H,34,38). The van der Waals surface area contributed by atoms with Gasteiger partial charge in [0.05, 0.1) is 13.2 Å². The topological polar surface area (TPSA) is 110 Å². The van der Waals surface area contributed by atoms with E-state index in [2.05, 4.69) is 41.3 Å². The molecule has 1 aliphatic heterocycles. The average Bonchev–Trinajstić information content (AvgIpc) is 3.38. The Bertz CT molecular complexity index is 1500. The van der Waals surface area contributed by atoms with E-state index in [1.54, 1.807) is 0 Å². The van der Waals surface area contributed by atoms with Gasteiger partial charge < -0.3 is 26.0 Å². The first-order valence-electron chi connectivity index (χ1n) is 13.2. The SMILES string of the molecule is CC(C)(C)c1ccc(C(=O)Nc2cccc(-c3nc(Nc4ccc(N5CCOCC5)cc4)c(C(N)=O)s3)c2)cc1.